The Morgan fingerprint density at radius 2 is 0.848 bits per heavy atom. The molecule has 0 N–H and O–H groups in total. The van der Waals surface area contributed by atoms with Crippen LogP contribution in [0.2, 0.25) is 0 Å². The van der Waals surface area contributed by atoms with E-state index in [4.69, 9.17) is 0 Å². The van der Waals surface area contributed by atoms with Gasteiger partial charge in [0.25, 0.3) is 0 Å². The summed E-state index contributed by atoms with van der Waals surface area (Å²) in [5.74, 6) is 0. The van der Waals surface area contributed by atoms with Crippen LogP contribution in [0.4, 0.5) is 22.7 Å². The molecule has 0 saturated heterocycles. The average molecular weight is 847 g/mol. The van der Waals surface area contributed by atoms with E-state index in [0.29, 0.717) is 0 Å². The van der Waals surface area contributed by atoms with Crippen LogP contribution in [-0.4, -0.2) is 0 Å². The first-order chi connectivity index (χ1) is 32.7. The third-order valence-corrected chi connectivity index (χ3v) is 14.8. The van der Waals surface area contributed by atoms with E-state index in [1.54, 1.807) is 11.1 Å². The lowest BCUT2D eigenvalue weighted by molar-refractivity contribution is 0.833. The zero-order valence-electron chi connectivity index (χ0n) is 37.2. The van der Waals surface area contributed by atoms with Gasteiger partial charge in [-0.15, -0.1) is 0 Å². The smallest absolute Gasteiger partial charge is 0.0493 e. The molecule has 66 heavy (non-hydrogen) atoms. The molecule has 0 fully saturated rings. The first-order valence-electron chi connectivity index (χ1n) is 24.0. The predicted molar refractivity (Wildman–Crippen MR) is 280 cm³/mol. The largest absolute Gasteiger partial charge is 0.310 e. The molecule has 316 valence electrons. The van der Waals surface area contributed by atoms with E-state index >= 15 is 0 Å². The minimum atomic E-state index is 1.06. The van der Waals surface area contributed by atoms with Crippen molar-refractivity contribution in [2.24, 2.45) is 0 Å². The van der Waals surface area contributed by atoms with Crippen LogP contribution in [0.3, 0.4) is 0 Å². The van der Waals surface area contributed by atoms with Crippen molar-refractivity contribution < 1.29 is 0 Å². The highest BCUT2D eigenvalue weighted by molar-refractivity contribution is 6.24. The molecule has 0 saturated carbocycles. The quantitative estimate of drug-likeness (QED) is 0.159. The van der Waals surface area contributed by atoms with Gasteiger partial charge < -0.3 is 9.80 Å². The monoisotopic (exact) mass is 846 g/mol. The van der Waals surface area contributed by atoms with Crippen molar-refractivity contribution >= 4 is 55.1 Å². The first kappa shape index (κ1) is 38.8. The summed E-state index contributed by atoms with van der Waals surface area (Å²) < 4.78 is 0. The molecule has 0 atom stereocenters. The van der Waals surface area contributed by atoms with Crippen molar-refractivity contribution in [3.63, 3.8) is 0 Å². The van der Waals surface area contributed by atoms with E-state index in [0.717, 1.165) is 51.4 Å². The molecule has 4 aliphatic rings. The van der Waals surface area contributed by atoms with Gasteiger partial charge in [-0.05, 0) is 188 Å². The highest BCUT2D eigenvalue weighted by atomic mass is 15.2. The summed E-state index contributed by atoms with van der Waals surface area (Å²) in [4.78, 5) is 5.14. The van der Waals surface area contributed by atoms with Gasteiger partial charge in [0.05, 0.1) is 0 Å². The highest BCUT2D eigenvalue weighted by Gasteiger charge is 2.28. The van der Waals surface area contributed by atoms with Gasteiger partial charge in [0, 0.05) is 34.1 Å². The zero-order chi connectivity index (χ0) is 43.6. The van der Waals surface area contributed by atoms with E-state index < -0.39 is 0 Å². The fourth-order valence-electron chi connectivity index (χ4n) is 11.6. The molecule has 2 nitrogen and oxygen atoms in total. The van der Waals surface area contributed by atoms with Crippen molar-refractivity contribution in [3.05, 3.63) is 240 Å². The Hall–Kier alpha value is -7.68. The Morgan fingerprint density at radius 1 is 0.333 bits per heavy atom. The second-order valence-electron chi connectivity index (χ2n) is 18.5. The molecule has 0 unspecified atom stereocenters. The molecule has 2 heterocycles. The van der Waals surface area contributed by atoms with Crippen LogP contribution >= 0.6 is 0 Å². The molecule has 0 radical (unpaired) electrons. The van der Waals surface area contributed by atoms with Gasteiger partial charge in [-0.3, -0.25) is 0 Å². The maximum Gasteiger partial charge on any atom is 0.0493 e. The number of fused-ring (bicyclic) bond motifs is 5. The second kappa shape index (κ2) is 16.1. The number of hydrogen-bond acceptors (Lipinski definition) is 2. The minimum absolute atomic E-state index is 1.06. The number of benzene rings is 9. The van der Waals surface area contributed by atoms with E-state index in [1.165, 1.54) is 111 Å². The summed E-state index contributed by atoms with van der Waals surface area (Å²) in [5.41, 5.74) is 21.0. The van der Waals surface area contributed by atoms with Gasteiger partial charge in [-0.2, -0.15) is 0 Å². The fourth-order valence-corrected chi connectivity index (χ4v) is 11.6. The predicted octanol–water partition coefficient (Wildman–Crippen LogP) is 17.5. The number of rotatable bonds is 5. The zero-order valence-corrected chi connectivity index (χ0v) is 37.2. The molecule has 2 heteroatoms. The van der Waals surface area contributed by atoms with Crippen molar-refractivity contribution in [2.75, 3.05) is 9.80 Å². The molecule has 9 aromatic carbocycles. The highest BCUT2D eigenvalue weighted by Crippen LogP contribution is 2.51. The second-order valence-corrected chi connectivity index (χ2v) is 18.5. The number of anilines is 4. The van der Waals surface area contributed by atoms with Crippen molar-refractivity contribution in [2.45, 2.75) is 51.4 Å². The summed E-state index contributed by atoms with van der Waals surface area (Å²) in [6, 6.07) is 68.8. The van der Waals surface area contributed by atoms with E-state index in [9.17, 15) is 0 Å². The lowest BCUT2D eigenvalue weighted by Crippen LogP contribution is -2.18. The molecular weight excluding hydrogens is 797 g/mol. The van der Waals surface area contributed by atoms with Crippen molar-refractivity contribution in [1.82, 2.24) is 0 Å². The Balaban J connectivity index is 1.14. The molecule has 13 rings (SSSR count). The molecule has 0 aromatic heterocycles. The van der Waals surface area contributed by atoms with E-state index in [-0.39, 0.29) is 0 Å². The van der Waals surface area contributed by atoms with Gasteiger partial charge in [-0.1, -0.05) is 158 Å². The summed E-state index contributed by atoms with van der Waals surface area (Å²) in [6.07, 6.45) is 18.2. The van der Waals surface area contributed by atoms with Crippen molar-refractivity contribution in [3.8, 4) is 33.4 Å². The normalized spacial score (nSPS) is 15.7. The molecule has 0 spiro atoms. The van der Waals surface area contributed by atoms with Gasteiger partial charge in [0.1, 0.15) is 0 Å². The number of hydrogen-bond donors (Lipinski definition) is 0. The average Bonchev–Trinajstić information content (AvgIpc) is 3.66. The van der Waals surface area contributed by atoms with Gasteiger partial charge >= 0.3 is 0 Å². The van der Waals surface area contributed by atoms with Gasteiger partial charge in [0.2, 0.25) is 0 Å². The first-order valence-corrected chi connectivity index (χ1v) is 24.0. The van der Waals surface area contributed by atoms with Crippen LogP contribution in [-0.2, 0) is 12.8 Å². The fraction of sp³-hybridized carbons (Fsp3) is 0.125. The van der Waals surface area contributed by atoms with Crippen LogP contribution in [0.25, 0.3) is 65.7 Å². The summed E-state index contributed by atoms with van der Waals surface area (Å²) in [5, 5.41) is 7.54. The number of allylic oxidation sites excluding steroid dienone is 6. The van der Waals surface area contributed by atoms with Crippen LogP contribution < -0.4 is 9.80 Å². The third-order valence-electron chi connectivity index (χ3n) is 14.8. The molecule has 9 aromatic rings. The minimum Gasteiger partial charge on any atom is -0.310 e. The van der Waals surface area contributed by atoms with E-state index in [2.05, 4.69) is 216 Å². The Morgan fingerprint density at radius 3 is 1.50 bits per heavy atom. The molecule has 0 bridgehead atoms. The number of para-hydroxylation sites is 2. The third kappa shape index (κ3) is 6.46. The van der Waals surface area contributed by atoms with Crippen LogP contribution in [0.15, 0.2) is 229 Å². The Bertz CT molecular complexity index is 3520. The lowest BCUT2D eigenvalue weighted by Gasteiger charge is -2.31. The maximum atomic E-state index is 2.57. The summed E-state index contributed by atoms with van der Waals surface area (Å²) >= 11 is 0. The van der Waals surface area contributed by atoms with E-state index in [1.807, 2.05) is 0 Å². The van der Waals surface area contributed by atoms with Crippen molar-refractivity contribution in [1.29, 1.82) is 0 Å². The molecule has 0 amide bonds. The molecular formula is C64H50N2. The molecule has 2 aliphatic carbocycles. The number of nitrogens with zero attached hydrogens (tertiary/aromatic N) is 2. The van der Waals surface area contributed by atoms with Crippen LogP contribution in [0, 0.1) is 0 Å². The van der Waals surface area contributed by atoms with Gasteiger partial charge in [0.15, 0.2) is 0 Å². The standard InChI is InChI=1S/C64H50N2/c1-2-15-43(16-3-1)44-29-35-50(36-30-44)63-55-39-37-52(66-61-27-12-7-20-48(61)33-34-49-21-8-13-28-62(49)66)42-58(55)64(54-24-14-22-45-17-4-9-23-53(45)54)56-40-38-51(41-57(56)63)65-59-25-10-5-18-46(59)31-32-47-19-6-11-26-60(47)65/h1-5,7,9-18,20,22-30,35-42H,6,8,19,21,31-34H2. The SMILES string of the molecule is C1=CC2=C(CC1)CCc1ccccc1N2c1ccc2c(-c3cccc4ccccc34)c3cc(N4C5=C(CCC=C5)CCc5ccccc54)ccc3c(-c3ccc(-c4ccccc4)cc3)c2c1. The maximum absolute atomic E-state index is 2.57. The Labute approximate surface area is 387 Å². The number of aryl methyl sites for hydroxylation is 2. The lowest BCUT2D eigenvalue weighted by atomic mass is 9.84. The summed E-state index contributed by atoms with van der Waals surface area (Å²) in [6.45, 7) is 0. The molecule has 2 aliphatic heterocycles. The summed E-state index contributed by atoms with van der Waals surface area (Å²) in [7, 11) is 0. The topological polar surface area (TPSA) is 6.48 Å². The van der Waals surface area contributed by atoms with Crippen LogP contribution in [0.5, 0.6) is 0 Å². The Kier molecular flexibility index (Phi) is 9.44. The van der Waals surface area contributed by atoms with Crippen LogP contribution in [0.1, 0.15) is 49.7 Å². The van der Waals surface area contributed by atoms with Gasteiger partial charge in [-0.25, -0.2) is 0 Å².